The summed E-state index contributed by atoms with van der Waals surface area (Å²) in [5.74, 6) is -0.174. The summed E-state index contributed by atoms with van der Waals surface area (Å²) in [4.78, 5) is 0. The number of anilines is 1. The molecule has 0 spiro atoms. The summed E-state index contributed by atoms with van der Waals surface area (Å²) in [7, 11) is 0. The molecule has 2 atom stereocenters. The summed E-state index contributed by atoms with van der Waals surface area (Å²) < 4.78 is 6.17. The zero-order chi connectivity index (χ0) is 17.1. The number of benzene rings is 1. The molecular formula is C17H12IN5O. The van der Waals surface area contributed by atoms with E-state index in [1.54, 1.807) is 23.2 Å². The van der Waals surface area contributed by atoms with Gasteiger partial charge in [0.05, 0.1) is 23.0 Å². The third-order valence-corrected chi connectivity index (χ3v) is 4.15. The first kappa shape index (κ1) is 16.2. The largest absolute Gasteiger partial charge is 0.451 e. The molecule has 1 aromatic heterocycles. The van der Waals surface area contributed by atoms with Crippen LogP contribution >= 0.6 is 22.6 Å². The van der Waals surface area contributed by atoms with Gasteiger partial charge in [-0.25, -0.2) is 5.01 Å². The molecule has 0 saturated heterocycles. The number of nitrogens with two attached hydrogens (primary N) is 1. The second-order valence-corrected chi connectivity index (χ2v) is 6.14. The van der Waals surface area contributed by atoms with Crippen LogP contribution in [0.2, 0.25) is 0 Å². The van der Waals surface area contributed by atoms with E-state index < -0.39 is 12.1 Å². The quantitative estimate of drug-likeness (QED) is 0.597. The first-order chi connectivity index (χ1) is 11.6. The molecule has 0 aliphatic carbocycles. The molecular weight excluding hydrogens is 417 g/mol. The summed E-state index contributed by atoms with van der Waals surface area (Å²) in [6, 6.07) is 17.1. The highest BCUT2D eigenvalue weighted by molar-refractivity contribution is 14.1. The Morgan fingerprint density at radius 1 is 1.25 bits per heavy atom. The Morgan fingerprint density at radius 2 is 2.00 bits per heavy atom. The predicted molar refractivity (Wildman–Crippen MR) is 98.4 cm³/mol. The van der Waals surface area contributed by atoms with Crippen molar-refractivity contribution in [1.29, 1.82) is 10.5 Å². The molecule has 1 aliphatic heterocycles. The molecule has 2 N–H and O–H groups in total. The fourth-order valence-electron chi connectivity index (χ4n) is 2.43. The van der Waals surface area contributed by atoms with Crippen molar-refractivity contribution in [3.05, 3.63) is 57.6 Å². The Balaban J connectivity index is 2.02. The van der Waals surface area contributed by atoms with E-state index >= 15 is 0 Å². The Hall–Kier alpha value is -2.62. The molecule has 0 radical (unpaired) electrons. The number of allylic oxidation sites excluding steroid dienone is 1. The average Bonchev–Trinajstić information content (AvgIpc) is 3.16. The lowest BCUT2D eigenvalue weighted by atomic mass is 9.96. The molecule has 3 rings (SSSR count). The summed E-state index contributed by atoms with van der Waals surface area (Å²) in [6.45, 7) is 0. The fourth-order valence-corrected chi connectivity index (χ4v) is 2.86. The van der Waals surface area contributed by atoms with Gasteiger partial charge in [0, 0.05) is 6.08 Å². The van der Waals surface area contributed by atoms with Gasteiger partial charge in [-0.15, -0.1) is 0 Å². The highest BCUT2D eigenvalue weighted by atomic mass is 127. The van der Waals surface area contributed by atoms with Crippen LogP contribution in [0.3, 0.4) is 0 Å². The fraction of sp³-hybridized carbons (Fsp3) is 0.118. The van der Waals surface area contributed by atoms with Crippen molar-refractivity contribution in [3.63, 3.8) is 0 Å². The minimum absolute atomic E-state index is 0.265. The maximum atomic E-state index is 9.50. The van der Waals surface area contributed by atoms with Crippen LogP contribution in [0, 0.1) is 32.3 Å². The summed E-state index contributed by atoms with van der Waals surface area (Å²) in [6.07, 6.45) is 0.924. The van der Waals surface area contributed by atoms with E-state index in [1.807, 2.05) is 52.9 Å². The zero-order valence-corrected chi connectivity index (χ0v) is 14.6. The molecule has 24 heavy (non-hydrogen) atoms. The van der Waals surface area contributed by atoms with E-state index in [0.717, 1.165) is 5.69 Å². The van der Waals surface area contributed by atoms with Gasteiger partial charge < -0.3 is 10.2 Å². The standard InChI is InChI=1S/C17H12IN5O/c18-15-7-6-13(24-15)8-11(9-19)16-14(10-20)17(21)23(22-16)12-4-2-1-3-5-12/h1-8,14,17H,21H2/b11-8-/t14-,17+/m1/s1. The maximum Gasteiger partial charge on any atom is 0.164 e. The van der Waals surface area contributed by atoms with Crippen LogP contribution in [0.25, 0.3) is 6.08 Å². The summed E-state index contributed by atoms with van der Waals surface area (Å²) in [5.41, 5.74) is 7.56. The number of nitrogens with zero attached hydrogens (tertiary/aromatic N) is 4. The number of halogens is 1. The van der Waals surface area contributed by atoms with Gasteiger partial charge in [-0.2, -0.15) is 15.6 Å². The highest BCUT2D eigenvalue weighted by Crippen LogP contribution is 2.28. The molecule has 1 aromatic carbocycles. The summed E-state index contributed by atoms with van der Waals surface area (Å²) in [5, 5.41) is 25.0. The van der Waals surface area contributed by atoms with Gasteiger partial charge in [-0.1, -0.05) is 18.2 Å². The number of nitriles is 2. The van der Waals surface area contributed by atoms with Crippen LogP contribution < -0.4 is 10.7 Å². The molecule has 0 bridgehead atoms. The molecule has 1 aliphatic rings. The van der Waals surface area contributed by atoms with E-state index in [1.165, 1.54) is 0 Å². The molecule has 0 fully saturated rings. The Bertz CT molecular complexity index is 888. The third kappa shape index (κ3) is 3.04. The Labute approximate surface area is 152 Å². The van der Waals surface area contributed by atoms with Crippen molar-refractivity contribution in [2.24, 2.45) is 16.8 Å². The van der Waals surface area contributed by atoms with Gasteiger partial charge in [-0.3, -0.25) is 0 Å². The minimum Gasteiger partial charge on any atom is -0.451 e. The van der Waals surface area contributed by atoms with E-state index in [2.05, 4.69) is 17.2 Å². The first-order valence-electron chi connectivity index (χ1n) is 7.09. The van der Waals surface area contributed by atoms with Crippen LogP contribution in [0.15, 0.2) is 57.6 Å². The molecule has 6 nitrogen and oxygen atoms in total. The van der Waals surface area contributed by atoms with E-state index in [9.17, 15) is 10.5 Å². The van der Waals surface area contributed by atoms with Gasteiger partial charge in [-0.05, 0) is 46.9 Å². The number of hydrazone groups is 1. The normalized spacial score (nSPS) is 20.4. The zero-order valence-electron chi connectivity index (χ0n) is 12.4. The average molecular weight is 429 g/mol. The molecule has 2 heterocycles. The monoisotopic (exact) mass is 429 g/mol. The van der Waals surface area contributed by atoms with E-state index in [0.29, 0.717) is 15.2 Å². The number of hydrogen-bond donors (Lipinski definition) is 1. The van der Waals surface area contributed by atoms with Crippen LogP contribution in [-0.4, -0.2) is 11.9 Å². The molecule has 0 saturated carbocycles. The highest BCUT2D eigenvalue weighted by Gasteiger charge is 2.37. The lowest BCUT2D eigenvalue weighted by Crippen LogP contribution is -2.40. The van der Waals surface area contributed by atoms with Crippen LogP contribution in [0.4, 0.5) is 5.69 Å². The molecule has 7 heteroatoms. The maximum absolute atomic E-state index is 9.50. The second kappa shape index (κ2) is 6.87. The second-order valence-electron chi connectivity index (χ2n) is 5.07. The Kier molecular flexibility index (Phi) is 4.65. The van der Waals surface area contributed by atoms with E-state index in [-0.39, 0.29) is 5.57 Å². The third-order valence-electron chi connectivity index (χ3n) is 3.57. The lowest BCUT2D eigenvalue weighted by Gasteiger charge is -2.21. The van der Waals surface area contributed by atoms with Crippen LogP contribution in [0.5, 0.6) is 0 Å². The molecule has 0 unspecified atom stereocenters. The first-order valence-corrected chi connectivity index (χ1v) is 8.17. The van der Waals surface area contributed by atoms with Crippen LogP contribution in [-0.2, 0) is 0 Å². The van der Waals surface area contributed by atoms with Crippen molar-refractivity contribution < 1.29 is 4.42 Å². The number of hydrogen-bond acceptors (Lipinski definition) is 6. The van der Waals surface area contributed by atoms with Gasteiger partial charge in [0.1, 0.15) is 23.9 Å². The Morgan fingerprint density at radius 3 is 2.58 bits per heavy atom. The van der Waals surface area contributed by atoms with Gasteiger partial charge in [0.15, 0.2) is 3.77 Å². The van der Waals surface area contributed by atoms with Gasteiger partial charge in [0.25, 0.3) is 0 Å². The van der Waals surface area contributed by atoms with Crippen LogP contribution in [0.1, 0.15) is 5.76 Å². The van der Waals surface area contributed by atoms with Crippen molar-refractivity contribution in [2.75, 3.05) is 5.01 Å². The number of furan rings is 1. The topological polar surface area (TPSA) is 102 Å². The van der Waals surface area contributed by atoms with Gasteiger partial charge in [0.2, 0.25) is 0 Å². The van der Waals surface area contributed by atoms with E-state index in [4.69, 9.17) is 10.2 Å². The molecule has 118 valence electrons. The van der Waals surface area contributed by atoms with Crippen molar-refractivity contribution in [3.8, 4) is 12.1 Å². The molecule has 2 aromatic rings. The lowest BCUT2D eigenvalue weighted by molar-refractivity contribution is 0.528. The SMILES string of the molecule is N#C/C(=C/c1ccc(I)o1)C1=NN(c2ccccc2)[C@H](N)[C@@H]1C#N. The molecule has 0 amide bonds. The minimum atomic E-state index is -0.704. The predicted octanol–water partition coefficient (Wildman–Crippen LogP) is 3.09. The van der Waals surface area contributed by atoms with Crippen molar-refractivity contribution in [2.45, 2.75) is 6.17 Å². The van der Waals surface area contributed by atoms with Crippen molar-refractivity contribution in [1.82, 2.24) is 0 Å². The number of rotatable bonds is 3. The smallest absolute Gasteiger partial charge is 0.164 e. The summed E-state index contributed by atoms with van der Waals surface area (Å²) >= 11 is 2.04. The number of para-hydroxylation sites is 1. The van der Waals surface area contributed by atoms with Crippen molar-refractivity contribution >= 4 is 40.1 Å². The van der Waals surface area contributed by atoms with Gasteiger partial charge >= 0.3 is 0 Å².